The van der Waals surface area contributed by atoms with Gasteiger partial charge in [0.1, 0.15) is 0 Å². The molecule has 0 aromatic carbocycles. The number of nitrogens with one attached hydrogen (secondary N) is 1. The van der Waals surface area contributed by atoms with Crippen LogP contribution in [-0.4, -0.2) is 21.2 Å². The molecule has 0 amide bonds. The van der Waals surface area contributed by atoms with Crippen molar-refractivity contribution in [3.05, 3.63) is 16.6 Å². The number of thiazole rings is 1. The van der Waals surface area contributed by atoms with Gasteiger partial charge in [-0.2, -0.15) is 0 Å². The van der Waals surface area contributed by atoms with E-state index < -0.39 is 5.60 Å². The summed E-state index contributed by atoms with van der Waals surface area (Å²) in [6, 6.07) is 0. The molecule has 0 aliphatic rings. The Morgan fingerprint density at radius 3 is 2.50 bits per heavy atom. The molecular formula is C10H18N2OS. The number of hydrogen-bond donors (Lipinski definition) is 2. The van der Waals surface area contributed by atoms with E-state index in [2.05, 4.69) is 10.3 Å². The lowest BCUT2D eigenvalue weighted by molar-refractivity contribution is -0.00543. The lowest BCUT2D eigenvalue weighted by Crippen LogP contribution is -2.55. The third-order valence-electron chi connectivity index (χ3n) is 2.72. The van der Waals surface area contributed by atoms with Crippen LogP contribution in [0.3, 0.4) is 0 Å². The highest BCUT2D eigenvalue weighted by Gasteiger charge is 2.34. The SMILES string of the molecule is CC(C)(O)C(C)(C)NCc1cscn1. The van der Waals surface area contributed by atoms with Gasteiger partial charge in [0, 0.05) is 17.5 Å². The van der Waals surface area contributed by atoms with Gasteiger partial charge in [0.2, 0.25) is 0 Å². The largest absolute Gasteiger partial charge is 0.389 e. The Hall–Kier alpha value is -0.450. The van der Waals surface area contributed by atoms with Crippen LogP contribution >= 0.6 is 11.3 Å². The Bertz CT molecular complexity index is 275. The summed E-state index contributed by atoms with van der Waals surface area (Å²) in [6.45, 7) is 8.28. The molecule has 0 atom stereocenters. The minimum atomic E-state index is -0.747. The maximum absolute atomic E-state index is 9.89. The molecule has 1 heterocycles. The van der Waals surface area contributed by atoms with Crippen molar-refractivity contribution in [2.45, 2.75) is 45.4 Å². The average Bonchev–Trinajstić information content (AvgIpc) is 2.50. The van der Waals surface area contributed by atoms with Crippen LogP contribution in [-0.2, 0) is 6.54 Å². The van der Waals surface area contributed by atoms with E-state index in [-0.39, 0.29) is 5.54 Å². The predicted molar refractivity (Wildman–Crippen MR) is 59.3 cm³/mol. The van der Waals surface area contributed by atoms with Gasteiger partial charge in [-0.1, -0.05) is 0 Å². The Morgan fingerprint density at radius 2 is 2.07 bits per heavy atom. The third-order valence-corrected chi connectivity index (χ3v) is 3.36. The highest BCUT2D eigenvalue weighted by Crippen LogP contribution is 2.20. The number of aromatic nitrogens is 1. The molecule has 14 heavy (non-hydrogen) atoms. The van der Waals surface area contributed by atoms with Crippen molar-refractivity contribution in [3.63, 3.8) is 0 Å². The molecule has 0 bridgehead atoms. The van der Waals surface area contributed by atoms with Gasteiger partial charge in [-0.15, -0.1) is 11.3 Å². The minimum Gasteiger partial charge on any atom is -0.389 e. The summed E-state index contributed by atoms with van der Waals surface area (Å²) in [5.74, 6) is 0. The van der Waals surface area contributed by atoms with Gasteiger partial charge in [0.15, 0.2) is 0 Å². The van der Waals surface area contributed by atoms with Crippen molar-refractivity contribution in [2.24, 2.45) is 0 Å². The fourth-order valence-electron chi connectivity index (χ4n) is 0.853. The van der Waals surface area contributed by atoms with Gasteiger partial charge in [0.05, 0.1) is 16.8 Å². The Morgan fingerprint density at radius 1 is 1.43 bits per heavy atom. The molecule has 1 aromatic heterocycles. The van der Waals surface area contributed by atoms with Crippen molar-refractivity contribution in [3.8, 4) is 0 Å². The number of aliphatic hydroxyl groups is 1. The van der Waals surface area contributed by atoms with Crippen molar-refractivity contribution >= 4 is 11.3 Å². The fraction of sp³-hybridized carbons (Fsp3) is 0.700. The molecule has 0 aliphatic carbocycles. The standard InChI is InChI=1S/C10H18N2OS/c1-9(2,10(3,4)13)12-5-8-6-14-7-11-8/h6-7,12-13H,5H2,1-4H3. The van der Waals surface area contributed by atoms with E-state index in [1.165, 1.54) is 0 Å². The second-order valence-corrected chi connectivity index (χ2v) is 5.24. The number of nitrogens with zero attached hydrogens (tertiary/aromatic N) is 1. The summed E-state index contributed by atoms with van der Waals surface area (Å²) in [5.41, 5.74) is 1.76. The topological polar surface area (TPSA) is 45.1 Å². The molecule has 0 saturated carbocycles. The lowest BCUT2D eigenvalue weighted by atomic mass is 9.86. The van der Waals surface area contributed by atoms with Gasteiger partial charge >= 0.3 is 0 Å². The summed E-state index contributed by atoms with van der Waals surface area (Å²) >= 11 is 1.58. The molecule has 0 aliphatic heterocycles. The zero-order valence-electron chi connectivity index (χ0n) is 9.16. The number of rotatable bonds is 4. The third kappa shape index (κ3) is 2.77. The maximum Gasteiger partial charge on any atom is 0.0795 e. The molecule has 0 unspecified atom stereocenters. The van der Waals surface area contributed by atoms with Crippen LogP contribution in [0, 0.1) is 0 Å². The second kappa shape index (κ2) is 3.96. The zero-order chi connectivity index (χ0) is 10.8. The van der Waals surface area contributed by atoms with Crippen LogP contribution in [0.1, 0.15) is 33.4 Å². The summed E-state index contributed by atoms with van der Waals surface area (Å²) in [7, 11) is 0. The summed E-state index contributed by atoms with van der Waals surface area (Å²) < 4.78 is 0. The Balaban J connectivity index is 2.53. The van der Waals surface area contributed by atoms with Crippen LogP contribution in [0.25, 0.3) is 0 Å². The molecule has 0 saturated heterocycles. The van der Waals surface area contributed by atoms with Gasteiger partial charge in [-0.05, 0) is 27.7 Å². The molecule has 1 aromatic rings. The second-order valence-electron chi connectivity index (χ2n) is 4.52. The van der Waals surface area contributed by atoms with Crippen molar-refractivity contribution in [2.75, 3.05) is 0 Å². The van der Waals surface area contributed by atoms with E-state index in [0.717, 1.165) is 5.69 Å². The minimum absolute atomic E-state index is 0.323. The normalized spacial score (nSPS) is 13.2. The van der Waals surface area contributed by atoms with E-state index in [9.17, 15) is 5.11 Å². The molecule has 2 N–H and O–H groups in total. The van der Waals surface area contributed by atoms with E-state index in [1.807, 2.05) is 24.7 Å². The highest BCUT2D eigenvalue weighted by molar-refractivity contribution is 7.07. The van der Waals surface area contributed by atoms with Crippen LogP contribution in [0.15, 0.2) is 10.9 Å². The first kappa shape index (κ1) is 11.6. The van der Waals surface area contributed by atoms with E-state index >= 15 is 0 Å². The molecule has 1 rings (SSSR count). The lowest BCUT2D eigenvalue weighted by Gasteiger charge is -2.38. The molecule has 3 nitrogen and oxygen atoms in total. The quantitative estimate of drug-likeness (QED) is 0.803. The summed E-state index contributed by atoms with van der Waals surface area (Å²) in [4.78, 5) is 4.18. The van der Waals surface area contributed by atoms with E-state index in [0.29, 0.717) is 6.54 Å². The smallest absolute Gasteiger partial charge is 0.0795 e. The molecule has 4 heteroatoms. The van der Waals surface area contributed by atoms with Gasteiger partial charge in [-0.25, -0.2) is 4.98 Å². The Labute approximate surface area is 89.2 Å². The van der Waals surface area contributed by atoms with Crippen molar-refractivity contribution in [1.29, 1.82) is 0 Å². The van der Waals surface area contributed by atoms with Crippen molar-refractivity contribution in [1.82, 2.24) is 10.3 Å². The van der Waals surface area contributed by atoms with Gasteiger partial charge < -0.3 is 10.4 Å². The molecular weight excluding hydrogens is 196 g/mol. The van der Waals surface area contributed by atoms with Crippen LogP contribution < -0.4 is 5.32 Å². The van der Waals surface area contributed by atoms with Crippen LogP contribution in [0.2, 0.25) is 0 Å². The molecule has 0 radical (unpaired) electrons. The van der Waals surface area contributed by atoms with E-state index in [4.69, 9.17) is 0 Å². The van der Waals surface area contributed by atoms with E-state index in [1.54, 1.807) is 25.2 Å². The van der Waals surface area contributed by atoms with Gasteiger partial charge in [0.25, 0.3) is 0 Å². The Kier molecular flexibility index (Phi) is 3.29. The summed E-state index contributed by atoms with van der Waals surface area (Å²) in [6.07, 6.45) is 0. The predicted octanol–water partition coefficient (Wildman–Crippen LogP) is 1.78. The average molecular weight is 214 g/mol. The molecule has 80 valence electrons. The first-order chi connectivity index (χ1) is 6.33. The molecule has 0 fully saturated rings. The van der Waals surface area contributed by atoms with Crippen LogP contribution in [0.5, 0.6) is 0 Å². The first-order valence-electron chi connectivity index (χ1n) is 4.67. The monoisotopic (exact) mass is 214 g/mol. The maximum atomic E-state index is 9.89. The number of hydrogen-bond acceptors (Lipinski definition) is 4. The summed E-state index contributed by atoms with van der Waals surface area (Å²) in [5, 5.41) is 15.2. The van der Waals surface area contributed by atoms with Crippen LogP contribution in [0.4, 0.5) is 0 Å². The zero-order valence-corrected chi connectivity index (χ0v) is 9.98. The molecule has 0 spiro atoms. The van der Waals surface area contributed by atoms with Crippen molar-refractivity contribution < 1.29 is 5.11 Å². The van der Waals surface area contributed by atoms with Gasteiger partial charge in [-0.3, -0.25) is 0 Å². The highest BCUT2D eigenvalue weighted by atomic mass is 32.1. The first-order valence-corrected chi connectivity index (χ1v) is 5.62. The fourth-order valence-corrected chi connectivity index (χ4v) is 1.41.